The normalized spacial score (nSPS) is 13.6. The van der Waals surface area contributed by atoms with Crippen molar-refractivity contribution >= 4 is 11.6 Å². The van der Waals surface area contributed by atoms with Crippen LogP contribution in [0.1, 0.15) is 21.7 Å². The van der Waals surface area contributed by atoms with Crippen LogP contribution in [0, 0.1) is 12.7 Å². The van der Waals surface area contributed by atoms with Gasteiger partial charge in [-0.3, -0.25) is 9.48 Å². The van der Waals surface area contributed by atoms with E-state index in [9.17, 15) is 9.18 Å². The second-order valence-electron chi connectivity index (χ2n) is 6.23. The first kappa shape index (κ1) is 16.3. The van der Waals surface area contributed by atoms with Gasteiger partial charge in [0.1, 0.15) is 29.6 Å². The van der Waals surface area contributed by atoms with Crippen molar-refractivity contribution < 1.29 is 13.9 Å². The first-order valence-corrected chi connectivity index (χ1v) is 8.44. The number of ether oxygens (including phenoxy) is 1. The topological polar surface area (TPSA) is 47.4 Å². The lowest BCUT2D eigenvalue weighted by Crippen LogP contribution is -2.40. The molecule has 132 valence electrons. The van der Waals surface area contributed by atoms with E-state index in [0.29, 0.717) is 30.2 Å². The Morgan fingerprint density at radius 2 is 1.92 bits per heavy atom. The summed E-state index contributed by atoms with van der Waals surface area (Å²) in [5, 5.41) is 4.45. The van der Waals surface area contributed by atoms with Gasteiger partial charge in [0.15, 0.2) is 0 Å². The monoisotopic (exact) mass is 351 g/mol. The maximum Gasteiger partial charge on any atom is 0.276 e. The summed E-state index contributed by atoms with van der Waals surface area (Å²) in [6.45, 7) is 3.17. The van der Waals surface area contributed by atoms with Gasteiger partial charge in [0.2, 0.25) is 0 Å². The minimum Gasteiger partial charge on any atom is -0.487 e. The molecule has 0 saturated heterocycles. The molecule has 0 radical (unpaired) electrons. The van der Waals surface area contributed by atoms with Crippen molar-refractivity contribution in [3.63, 3.8) is 0 Å². The average Bonchev–Trinajstić information content (AvgIpc) is 3.08. The van der Waals surface area contributed by atoms with Crippen molar-refractivity contribution in [2.45, 2.75) is 20.1 Å². The maximum absolute atomic E-state index is 13.6. The van der Waals surface area contributed by atoms with Crippen LogP contribution < -0.4 is 9.64 Å². The smallest absolute Gasteiger partial charge is 0.276 e. The van der Waals surface area contributed by atoms with Gasteiger partial charge in [0.25, 0.3) is 5.91 Å². The third-order valence-corrected chi connectivity index (χ3v) is 4.42. The van der Waals surface area contributed by atoms with Gasteiger partial charge in [0, 0.05) is 12.2 Å². The molecule has 6 heteroatoms. The van der Waals surface area contributed by atoms with E-state index in [1.807, 2.05) is 37.3 Å². The molecular formula is C20H18FN3O2. The number of amides is 1. The van der Waals surface area contributed by atoms with E-state index < -0.39 is 0 Å². The van der Waals surface area contributed by atoms with Gasteiger partial charge >= 0.3 is 0 Å². The summed E-state index contributed by atoms with van der Waals surface area (Å²) in [6, 6.07) is 15.7. The highest BCUT2D eigenvalue weighted by Crippen LogP contribution is 2.26. The zero-order valence-electron chi connectivity index (χ0n) is 14.4. The molecule has 0 fully saturated rings. The molecule has 0 bridgehead atoms. The number of fused-ring (bicyclic) bond motifs is 1. The zero-order chi connectivity index (χ0) is 18.1. The minimum atomic E-state index is -0.352. The second kappa shape index (κ2) is 6.63. The van der Waals surface area contributed by atoms with Crippen LogP contribution in [-0.4, -0.2) is 22.2 Å². The van der Waals surface area contributed by atoms with Crippen LogP contribution in [0.15, 0.2) is 54.6 Å². The van der Waals surface area contributed by atoms with Crippen LogP contribution in [0.5, 0.6) is 5.75 Å². The Morgan fingerprint density at radius 3 is 2.73 bits per heavy atom. The van der Waals surface area contributed by atoms with E-state index in [1.54, 1.807) is 21.7 Å². The molecule has 0 unspecified atom stereocenters. The van der Waals surface area contributed by atoms with Crippen LogP contribution in [0.3, 0.4) is 0 Å². The van der Waals surface area contributed by atoms with Crippen LogP contribution in [0.25, 0.3) is 0 Å². The van der Waals surface area contributed by atoms with E-state index in [4.69, 9.17) is 4.74 Å². The third-order valence-electron chi connectivity index (χ3n) is 4.42. The fourth-order valence-corrected chi connectivity index (χ4v) is 3.09. The summed E-state index contributed by atoms with van der Waals surface area (Å²) in [4.78, 5) is 14.5. The van der Waals surface area contributed by atoms with E-state index in [1.165, 1.54) is 12.1 Å². The number of rotatable bonds is 4. The summed E-state index contributed by atoms with van der Waals surface area (Å²) >= 11 is 0. The molecule has 26 heavy (non-hydrogen) atoms. The van der Waals surface area contributed by atoms with Gasteiger partial charge in [-0.2, -0.15) is 5.10 Å². The fourth-order valence-electron chi connectivity index (χ4n) is 3.09. The van der Waals surface area contributed by atoms with E-state index >= 15 is 0 Å². The first-order chi connectivity index (χ1) is 12.6. The molecule has 1 aliphatic heterocycles. The van der Waals surface area contributed by atoms with Crippen molar-refractivity contribution in [3.05, 3.63) is 77.4 Å². The Bertz CT molecular complexity index is 953. The molecule has 0 aliphatic carbocycles. The fraction of sp³-hybridized carbons (Fsp3) is 0.200. The lowest BCUT2D eigenvalue weighted by Gasteiger charge is -2.28. The Kier molecular flexibility index (Phi) is 4.16. The van der Waals surface area contributed by atoms with Crippen LogP contribution in [-0.2, 0) is 13.2 Å². The highest BCUT2D eigenvalue weighted by Gasteiger charge is 2.28. The Balaban J connectivity index is 1.55. The predicted octanol–water partition coefficient (Wildman–Crippen LogP) is 3.57. The number of hydrogen-bond donors (Lipinski definition) is 0. The first-order valence-electron chi connectivity index (χ1n) is 8.44. The quantitative estimate of drug-likeness (QED) is 0.722. The molecule has 1 amide bonds. The van der Waals surface area contributed by atoms with Crippen molar-refractivity contribution in [2.24, 2.45) is 0 Å². The Morgan fingerprint density at radius 1 is 1.12 bits per heavy atom. The Hall–Kier alpha value is -3.15. The minimum absolute atomic E-state index is 0.177. The second-order valence-corrected chi connectivity index (χ2v) is 6.23. The number of benzene rings is 2. The number of nitrogens with zero attached hydrogens (tertiary/aromatic N) is 3. The lowest BCUT2D eigenvalue weighted by molar-refractivity contribution is 0.0962. The number of hydrogen-bond acceptors (Lipinski definition) is 3. The van der Waals surface area contributed by atoms with Crippen molar-refractivity contribution in [1.82, 2.24) is 9.78 Å². The van der Waals surface area contributed by atoms with Crippen molar-refractivity contribution in [1.29, 1.82) is 0 Å². The predicted molar refractivity (Wildman–Crippen MR) is 95.8 cm³/mol. The van der Waals surface area contributed by atoms with E-state index in [0.717, 1.165) is 11.3 Å². The van der Waals surface area contributed by atoms with Crippen LogP contribution >= 0.6 is 0 Å². The van der Waals surface area contributed by atoms with E-state index in [-0.39, 0.29) is 18.3 Å². The highest BCUT2D eigenvalue weighted by atomic mass is 19.1. The van der Waals surface area contributed by atoms with Gasteiger partial charge in [-0.25, -0.2) is 4.39 Å². The number of carbonyl (C=O) groups excluding carboxylic acids is 1. The molecule has 0 atom stereocenters. The summed E-state index contributed by atoms with van der Waals surface area (Å²) in [5.41, 5.74) is 2.64. The molecular weight excluding hydrogens is 333 g/mol. The van der Waals surface area contributed by atoms with Gasteiger partial charge in [0.05, 0.1) is 6.54 Å². The van der Waals surface area contributed by atoms with Gasteiger partial charge in [-0.15, -0.1) is 0 Å². The summed E-state index contributed by atoms with van der Waals surface area (Å²) < 4.78 is 21.0. The lowest BCUT2D eigenvalue weighted by atomic mass is 10.1. The van der Waals surface area contributed by atoms with Crippen molar-refractivity contribution in [2.75, 3.05) is 11.4 Å². The summed E-state index contributed by atoms with van der Waals surface area (Å²) in [7, 11) is 0. The van der Waals surface area contributed by atoms with E-state index in [2.05, 4.69) is 5.10 Å². The van der Waals surface area contributed by atoms with Crippen LogP contribution in [0.4, 0.5) is 10.1 Å². The number of para-hydroxylation sites is 1. The number of aromatic nitrogens is 2. The van der Waals surface area contributed by atoms with Crippen LogP contribution in [0.2, 0.25) is 0 Å². The van der Waals surface area contributed by atoms with Crippen molar-refractivity contribution in [3.8, 4) is 5.75 Å². The summed E-state index contributed by atoms with van der Waals surface area (Å²) in [5.74, 6) is 0.222. The molecule has 1 aromatic heterocycles. The molecule has 0 spiro atoms. The van der Waals surface area contributed by atoms with Gasteiger partial charge < -0.3 is 9.64 Å². The summed E-state index contributed by atoms with van der Waals surface area (Å²) in [6.07, 6.45) is 0. The number of aryl methyl sites for hydroxylation is 1. The number of halogens is 1. The standard InChI is InChI=1S/C20H18FN3O2/c1-14-7-8-15(21)11-18(14)23-9-10-24-19(20(23)25)12-16(22-24)13-26-17-5-3-2-4-6-17/h2-8,11-12H,9-10,13H2,1H3. The largest absolute Gasteiger partial charge is 0.487 e. The zero-order valence-corrected chi connectivity index (χ0v) is 14.4. The number of anilines is 1. The van der Waals surface area contributed by atoms with Gasteiger partial charge in [-0.1, -0.05) is 24.3 Å². The third kappa shape index (κ3) is 3.06. The molecule has 1 aliphatic rings. The SMILES string of the molecule is Cc1ccc(F)cc1N1CCn2nc(COc3ccccc3)cc2C1=O. The highest BCUT2D eigenvalue weighted by molar-refractivity contribution is 6.06. The molecule has 0 N–H and O–H groups in total. The maximum atomic E-state index is 13.6. The number of carbonyl (C=O) groups is 1. The molecule has 4 rings (SSSR count). The molecule has 5 nitrogen and oxygen atoms in total. The Labute approximate surface area is 150 Å². The molecule has 0 saturated carbocycles. The molecule has 2 aromatic carbocycles. The average molecular weight is 351 g/mol. The molecule has 2 heterocycles. The molecule has 3 aromatic rings. The van der Waals surface area contributed by atoms with Gasteiger partial charge in [-0.05, 0) is 42.8 Å².